The van der Waals surface area contributed by atoms with Crippen LogP contribution in [0.4, 0.5) is 0 Å². The van der Waals surface area contributed by atoms with Crippen LogP contribution in [-0.4, -0.2) is 42.2 Å². The van der Waals surface area contributed by atoms with Gasteiger partial charge in [0.05, 0.1) is 25.8 Å². The van der Waals surface area contributed by atoms with Crippen molar-refractivity contribution in [1.82, 2.24) is 4.90 Å². The van der Waals surface area contributed by atoms with Crippen molar-refractivity contribution < 1.29 is 28.7 Å². The van der Waals surface area contributed by atoms with Crippen LogP contribution in [0.2, 0.25) is 0 Å². The zero-order valence-corrected chi connectivity index (χ0v) is 13.1. The highest BCUT2D eigenvalue weighted by Gasteiger charge is 2.42. The van der Waals surface area contributed by atoms with Gasteiger partial charge in [0.25, 0.3) is 11.8 Å². The van der Waals surface area contributed by atoms with Gasteiger partial charge in [-0.3, -0.25) is 24.1 Å². The lowest BCUT2D eigenvalue weighted by Crippen LogP contribution is -2.43. The fourth-order valence-electron chi connectivity index (χ4n) is 2.50. The van der Waals surface area contributed by atoms with Crippen molar-refractivity contribution in [2.24, 2.45) is 5.92 Å². The van der Waals surface area contributed by atoms with Gasteiger partial charge in [0.1, 0.15) is 5.75 Å². The van der Waals surface area contributed by atoms with Crippen LogP contribution in [0.25, 0.3) is 0 Å². The number of carbonyl (C=O) groups excluding carboxylic acids is 4. The molecule has 0 saturated carbocycles. The number of imide groups is 1. The van der Waals surface area contributed by atoms with E-state index < -0.39 is 29.5 Å². The summed E-state index contributed by atoms with van der Waals surface area (Å²) in [6.07, 6.45) is 0. The number of hydrogen-bond acceptors (Lipinski definition) is 6. The second-order valence-corrected chi connectivity index (χ2v) is 5.02. The number of rotatable bonds is 5. The zero-order valence-electron chi connectivity index (χ0n) is 13.1. The van der Waals surface area contributed by atoms with Crippen LogP contribution in [0.15, 0.2) is 18.2 Å². The third kappa shape index (κ3) is 2.94. The smallest absolute Gasteiger partial charge is 0.326 e. The van der Waals surface area contributed by atoms with E-state index in [-0.39, 0.29) is 18.7 Å². The Hall–Kier alpha value is -2.70. The highest BCUT2D eigenvalue weighted by atomic mass is 16.5. The third-order valence-corrected chi connectivity index (χ3v) is 3.56. The van der Waals surface area contributed by atoms with Crippen molar-refractivity contribution in [2.45, 2.75) is 20.4 Å². The van der Waals surface area contributed by atoms with Gasteiger partial charge in [0.2, 0.25) is 0 Å². The molecule has 1 aromatic carbocycles. The standard InChI is InChI=1S/C16H17NO6/c1-4-23-16(21)12(9(2)18)14(19)17-8-10-6-5-7-11(22-3)13(10)15(17)20/h5-7,12H,4,8H2,1-3H3. The van der Waals surface area contributed by atoms with Gasteiger partial charge in [-0.05, 0) is 25.5 Å². The minimum atomic E-state index is -1.63. The lowest BCUT2D eigenvalue weighted by Gasteiger charge is -2.18. The molecule has 1 aliphatic rings. The molecule has 0 fully saturated rings. The van der Waals surface area contributed by atoms with Gasteiger partial charge < -0.3 is 9.47 Å². The van der Waals surface area contributed by atoms with E-state index in [1.807, 2.05) is 0 Å². The van der Waals surface area contributed by atoms with E-state index >= 15 is 0 Å². The first-order valence-corrected chi connectivity index (χ1v) is 7.11. The van der Waals surface area contributed by atoms with Gasteiger partial charge in [0.15, 0.2) is 11.7 Å². The lowest BCUT2D eigenvalue weighted by atomic mass is 10.0. The molecule has 122 valence electrons. The fraction of sp³-hybridized carbons (Fsp3) is 0.375. The van der Waals surface area contributed by atoms with Gasteiger partial charge in [0, 0.05) is 0 Å². The highest BCUT2D eigenvalue weighted by Crippen LogP contribution is 2.31. The topological polar surface area (TPSA) is 90.0 Å². The summed E-state index contributed by atoms with van der Waals surface area (Å²) in [5.74, 6) is -4.35. The normalized spacial score (nSPS) is 14.2. The number of amides is 2. The average molecular weight is 319 g/mol. The molecule has 1 atom stereocenters. The van der Waals surface area contributed by atoms with Crippen LogP contribution < -0.4 is 4.74 Å². The maximum Gasteiger partial charge on any atom is 0.326 e. The van der Waals surface area contributed by atoms with Crippen molar-refractivity contribution in [1.29, 1.82) is 0 Å². The second kappa shape index (κ2) is 6.60. The molecular weight excluding hydrogens is 302 g/mol. The number of esters is 1. The molecule has 1 aliphatic heterocycles. The number of ketones is 1. The monoisotopic (exact) mass is 319 g/mol. The minimum Gasteiger partial charge on any atom is -0.496 e. The first-order valence-electron chi connectivity index (χ1n) is 7.11. The molecule has 0 spiro atoms. The summed E-state index contributed by atoms with van der Waals surface area (Å²) in [5, 5.41) is 0. The number of fused-ring (bicyclic) bond motifs is 1. The molecule has 1 heterocycles. The van der Waals surface area contributed by atoms with Gasteiger partial charge in [-0.15, -0.1) is 0 Å². The van der Waals surface area contributed by atoms with E-state index in [1.165, 1.54) is 7.11 Å². The molecule has 1 unspecified atom stereocenters. The molecule has 0 radical (unpaired) electrons. The summed E-state index contributed by atoms with van der Waals surface area (Å²) in [4.78, 5) is 49.4. The quantitative estimate of drug-likeness (QED) is 0.593. The van der Waals surface area contributed by atoms with Crippen LogP contribution in [0.5, 0.6) is 5.75 Å². The largest absolute Gasteiger partial charge is 0.496 e. The van der Waals surface area contributed by atoms with E-state index in [0.717, 1.165) is 11.8 Å². The van der Waals surface area contributed by atoms with Crippen molar-refractivity contribution in [3.05, 3.63) is 29.3 Å². The Morgan fingerprint density at radius 3 is 2.57 bits per heavy atom. The van der Waals surface area contributed by atoms with Crippen LogP contribution in [0.3, 0.4) is 0 Å². The summed E-state index contributed by atoms with van der Waals surface area (Å²) < 4.78 is 9.89. The molecule has 0 saturated heterocycles. The molecule has 1 aromatic rings. The molecule has 0 N–H and O–H groups in total. The fourth-order valence-corrected chi connectivity index (χ4v) is 2.50. The molecular formula is C16H17NO6. The van der Waals surface area contributed by atoms with Crippen molar-refractivity contribution in [3.8, 4) is 5.75 Å². The highest BCUT2D eigenvalue weighted by molar-refractivity contribution is 6.21. The van der Waals surface area contributed by atoms with Crippen molar-refractivity contribution in [2.75, 3.05) is 13.7 Å². The molecule has 7 heteroatoms. The van der Waals surface area contributed by atoms with E-state index in [0.29, 0.717) is 11.3 Å². The number of hydrogen-bond donors (Lipinski definition) is 0. The Kier molecular flexibility index (Phi) is 4.78. The number of ether oxygens (including phenoxy) is 2. The second-order valence-electron chi connectivity index (χ2n) is 5.02. The van der Waals surface area contributed by atoms with Gasteiger partial charge in [-0.25, -0.2) is 0 Å². The predicted molar refractivity (Wildman–Crippen MR) is 78.7 cm³/mol. The molecule has 0 bridgehead atoms. The van der Waals surface area contributed by atoms with Crippen LogP contribution in [0, 0.1) is 5.92 Å². The minimum absolute atomic E-state index is 0.00656. The summed E-state index contributed by atoms with van der Waals surface area (Å²) in [5.41, 5.74) is 0.878. The van der Waals surface area contributed by atoms with E-state index in [9.17, 15) is 19.2 Å². The molecule has 7 nitrogen and oxygen atoms in total. The summed E-state index contributed by atoms with van der Waals surface area (Å²) in [6, 6.07) is 5.00. The van der Waals surface area contributed by atoms with Gasteiger partial charge in [-0.1, -0.05) is 12.1 Å². The summed E-state index contributed by atoms with van der Waals surface area (Å²) in [6.45, 7) is 2.72. The maximum absolute atomic E-state index is 12.5. The van der Waals surface area contributed by atoms with Crippen molar-refractivity contribution >= 4 is 23.6 Å². The number of methoxy groups -OCH3 is 1. The van der Waals surface area contributed by atoms with Crippen LogP contribution in [-0.2, 0) is 25.7 Å². The number of Topliss-reactive ketones (excluding diaryl/α,β-unsaturated/α-hetero) is 1. The Morgan fingerprint density at radius 1 is 1.30 bits per heavy atom. The third-order valence-electron chi connectivity index (χ3n) is 3.56. The van der Waals surface area contributed by atoms with Crippen LogP contribution in [0.1, 0.15) is 29.8 Å². The van der Waals surface area contributed by atoms with Gasteiger partial charge >= 0.3 is 5.97 Å². The number of benzene rings is 1. The Bertz CT molecular complexity index is 681. The first kappa shape index (κ1) is 16.7. The van der Waals surface area contributed by atoms with E-state index in [4.69, 9.17) is 9.47 Å². The Labute approximate surface area is 133 Å². The molecule has 0 aliphatic carbocycles. The van der Waals surface area contributed by atoms with Crippen LogP contribution >= 0.6 is 0 Å². The molecule has 2 amide bonds. The summed E-state index contributed by atoms with van der Waals surface area (Å²) >= 11 is 0. The zero-order chi connectivity index (χ0) is 17.1. The van der Waals surface area contributed by atoms with Gasteiger partial charge in [-0.2, -0.15) is 0 Å². The van der Waals surface area contributed by atoms with E-state index in [1.54, 1.807) is 25.1 Å². The number of carbonyl (C=O) groups is 4. The average Bonchev–Trinajstić information content (AvgIpc) is 2.84. The lowest BCUT2D eigenvalue weighted by molar-refractivity contribution is -0.157. The Morgan fingerprint density at radius 2 is 2.00 bits per heavy atom. The molecule has 23 heavy (non-hydrogen) atoms. The molecule has 2 rings (SSSR count). The Balaban J connectivity index is 2.33. The number of nitrogens with zero attached hydrogens (tertiary/aromatic N) is 1. The predicted octanol–water partition coefficient (Wildman–Crippen LogP) is 0.946. The molecule has 0 aromatic heterocycles. The first-order chi connectivity index (χ1) is 10.9. The summed E-state index contributed by atoms with van der Waals surface area (Å²) in [7, 11) is 1.42. The van der Waals surface area contributed by atoms with E-state index in [2.05, 4.69) is 0 Å². The SMILES string of the molecule is CCOC(=O)C(C(C)=O)C(=O)N1Cc2cccc(OC)c2C1=O. The van der Waals surface area contributed by atoms with Crippen molar-refractivity contribution in [3.63, 3.8) is 0 Å². The maximum atomic E-state index is 12.5.